The van der Waals surface area contributed by atoms with Gasteiger partial charge in [0.05, 0.1) is 30.3 Å². The number of aryl methyl sites for hydroxylation is 1. The maximum atomic E-state index is 12.5. The smallest absolute Gasteiger partial charge is 0.253 e. The highest BCUT2D eigenvalue weighted by Crippen LogP contribution is 2.44. The van der Waals surface area contributed by atoms with E-state index in [0.29, 0.717) is 10.9 Å². The van der Waals surface area contributed by atoms with Crippen molar-refractivity contribution in [3.05, 3.63) is 23.8 Å². The van der Waals surface area contributed by atoms with Gasteiger partial charge < -0.3 is 9.64 Å². The lowest BCUT2D eigenvalue weighted by atomic mass is 9.96. The van der Waals surface area contributed by atoms with Crippen LogP contribution in [-0.4, -0.2) is 49.4 Å². The molecule has 0 aromatic heterocycles. The Bertz CT molecular complexity index is 872. The number of amidine groups is 1. The molecule has 26 heavy (non-hydrogen) atoms. The Morgan fingerprint density at radius 2 is 2.00 bits per heavy atom. The summed E-state index contributed by atoms with van der Waals surface area (Å²) in [6, 6.07) is 5.50. The molecule has 142 valence electrons. The summed E-state index contributed by atoms with van der Waals surface area (Å²) in [5, 5.41) is 0.426. The molecule has 8 heteroatoms. The first-order valence-corrected chi connectivity index (χ1v) is 11.2. The third-order valence-corrected chi connectivity index (χ3v) is 7.71. The standard InChI is InChI=1S/C18H24N2O4S2/c1-11-6-7-14(24-5)12(8-11)20-13-9-26(22,23)10-15(13)25-17(20)19-16(21)18(2,3)4/h6-8,13,15H,9-10H2,1-5H3/t13-,15-/m1/s1. The van der Waals surface area contributed by atoms with E-state index in [1.165, 1.54) is 11.8 Å². The van der Waals surface area contributed by atoms with Gasteiger partial charge in [0.1, 0.15) is 5.75 Å². The Labute approximate surface area is 158 Å². The summed E-state index contributed by atoms with van der Waals surface area (Å²) >= 11 is 1.38. The molecule has 1 aromatic carbocycles. The zero-order valence-corrected chi connectivity index (χ0v) is 17.3. The van der Waals surface area contributed by atoms with Crippen LogP contribution in [-0.2, 0) is 14.6 Å². The average Bonchev–Trinajstić information content (AvgIpc) is 2.97. The summed E-state index contributed by atoms with van der Waals surface area (Å²) in [4.78, 5) is 18.7. The van der Waals surface area contributed by atoms with E-state index in [-0.39, 0.29) is 28.7 Å². The van der Waals surface area contributed by atoms with Crippen LogP contribution in [0.25, 0.3) is 0 Å². The van der Waals surface area contributed by atoms with E-state index >= 15 is 0 Å². The van der Waals surface area contributed by atoms with Crippen molar-refractivity contribution in [2.45, 2.75) is 39.0 Å². The number of thioether (sulfide) groups is 1. The van der Waals surface area contributed by atoms with Gasteiger partial charge in [-0.3, -0.25) is 4.79 Å². The summed E-state index contributed by atoms with van der Waals surface area (Å²) in [5.41, 5.74) is 1.18. The number of hydrogen-bond acceptors (Lipinski definition) is 5. The molecule has 2 atom stereocenters. The molecule has 0 radical (unpaired) electrons. The Morgan fingerprint density at radius 3 is 2.62 bits per heavy atom. The van der Waals surface area contributed by atoms with Crippen molar-refractivity contribution >= 4 is 38.4 Å². The van der Waals surface area contributed by atoms with E-state index in [0.717, 1.165) is 11.3 Å². The van der Waals surface area contributed by atoms with Crippen LogP contribution in [0.3, 0.4) is 0 Å². The van der Waals surface area contributed by atoms with Crippen LogP contribution >= 0.6 is 11.8 Å². The highest BCUT2D eigenvalue weighted by Gasteiger charge is 2.50. The Kier molecular flexibility index (Phi) is 4.85. The lowest BCUT2D eigenvalue weighted by Gasteiger charge is -2.27. The van der Waals surface area contributed by atoms with Crippen LogP contribution in [0.15, 0.2) is 23.2 Å². The van der Waals surface area contributed by atoms with Gasteiger partial charge in [-0.15, -0.1) is 0 Å². The second kappa shape index (κ2) is 6.56. The molecule has 0 saturated carbocycles. The second-order valence-electron chi connectivity index (χ2n) is 7.80. The minimum absolute atomic E-state index is 0.0600. The number of rotatable bonds is 2. The highest BCUT2D eigenvalue weighted by atomic mass is 32.2. The fourth-order valence-corrected chi connectivity index (χ4v) is 6.99. The maximum Gasteiger partial charge on any atom is 0.253 e. The van der Waals surface area contributed by atoms with Gasteiger partial charge >= 0.3 is 0 Å². The van der Waals surface area contributed by atoms with Crippen molar-refractivity contribution in [3.63, 3.8) is 0 Å². The van der Waals surface area contributed by atoms with Gasteiger partial charge in [-0.25, -0.2) is 8.42 Å². The van der Waals surface area contributed by atoms with E-state index in [9.17, 15) is 13.2 Å². The first kappa shape index (κ1) is 19.2. The molecule has 2 saturated heterocycles. The summed E-state index contributed by atoms with van der Waals surface area (Å²) in [6.07, 6.45) is 0. The van der Waals surface area contributed by atoms with Crippen molar-refractivity contribution in [1.82, 2.24) is 0 Å². The van der Waals surface area contributed by atoms with Crippen molar-refractivity contribution < 1.29 is 17.9 Å². The predicted octanol–water partition coefficient (Wildman–Crippen LogP) is 2.65. The molecule has 0 spiro atoms. The molecular weight excluding hydrogens is 372 g/mol. The summed E-state index contributed by atoms with van der Waals surface area (Å²) in [5.74, 6) is 0.580. The number of sulfone groups is 1. The SMILES string of the molecule is COc1ccc(C)cc1N1C(=NC(=O)C(C)(C)C)S[C@@H]2CS(=O)(=O)C[C@H]21. The zero-order valence-electron chi connectivity index (χ0n) is 15.6. The second-order valence-corrected chi connectivity index (χ2v) is 11.2. The molecule has 1 aromatic rings. The van der Waals surface area contributed by atoms with Gasteiger partial charge in [0.25, 0.3) is 5.91 Å². The van der Waals surface area contributed by atoms with Crippen molar-refractivity contribution in [2.75, 3.05) is 23.5 Å². The molecule has 0 bridgehead atoms. The number of ether oxygens (including phenoxy) is 1. The van der Waals surface area contributed by atoms with Crippen LogP contribution in [0.4, 0.5) is 5.69 Å². The predicted molar refractivity (Wildman–Crippen MR) is 106 cm³/mol. The lowest BCUT2D eigenvalue weighted by molar-refractivity contribution is -0.124. The molecule has 2 aliphatic heterocycles. The number of fused-ring (bicyclic) bond motifs is 1. The minimum atomic E-state index is -3.10. The van der Waals surface area contributed by atoms with Gasteiger partial charge in [-0.1, -0.05) is 38.6 Å². The average molecular weight is 397 g/mol. The summed E-state index contributed by atoms with van der Waals surface area (Å²) in [7, 11) is -1.52. The Hall–Kier alpha value is -1.54. The first-order chi connectivity index (χ1) is 12.0. The minimum Gasteiger partial charge on any atom is -0.495 e. The molecule has 3 rings (SSSR count). The molecule has 0 N–H and O–H groups in total. The fourth-order valence-electron chi connectivity index (χ4n) is 3.09. The van der Waals surface area contributed by atoms with Crippen molar-refractivity contribution in [3.8, 4) is 5.75 Å². The van der Waals surface area contributed by atoms with Crippen molar-refractivity contribution in [2.24, 2.45) is 10.4 Å². The number of carbonyl (C=O) groups excluding carboxylic acids is 1. The summed E-state index contributed by atoms with van der Waals surface area (Å²) in [6.45, 7) is 7.43. The maximum absolute atomic E-state index is 12.5. The zero-order chi connectivity index (χ0) is 19.3. The topological polar surface area (TPSA) is 76.0 Å². The number of benzene rings is 1. The number of methoxy groups -OCH3 is 1. The lowest BCUT2D eigenvalue weighted by Crippen LogP contribution is -2.38. The van der Waals surface area contributed by atoms with Crippen LogP contribution in [0, 0.1) is 12.3 Å². The van der Waals surface area contributed by atoms with Gasteiger partial charge in [0, 0.05) is 10.7 Å². The number of amides is 1. The Balaban J connectivity index is 2.11. The number of aliphatic imine (C=N–C) groups is 1. The highest BCUT2D eigenvalue weighted by molar-refractivity contribution is 8.16. The summed E-state index contributed by atoms with van der Waals surface area (Å²) < 4.78 is 29.8. The molecular formula is C18H24N2O4S2. The van der Waals surface area contributed by atoms with Crippen LogP contribution in [0.5, 0.6) is 5.75 Å². The van der Waals surface area contributed by atoms with Gasteiger partial charge in [-0.2, -0.15) is 4.99 Å². The van der Waals surface area contributed by atoms with Crippen LogP contribution < -0.4 is 9.64 Å². The number of hydrogen-bond donors (Lipinski definition) is 0. The molecule has 2 fully saturated rings. The number of anilines is 1. The van der Waals surface area contributed by atoms with Gasteiger partial charge in [0.2, 0.25) is 0 Å². The van der Waals surface area contributed by atoms with E-state index in [1.54, 1.807) is 7.11 Å². The number of nitrogens with zero attached hydrogens (tertiary/aromatic N) is 2. The normalized spacial score (nSPS) is 26.2. The molecule has 6 nitrogen and oxygen atoms in total. The van der Waals surface area contributed by atoms with E-state index in [4.69, 9.17) is 4.74 Å². The molecule has 2 heterocycles. The molecule has 0 unspecified atom stereocenters. The van der Waals surface area contributed by atoms with Crippen LogP contribution in [0.2, 0.25) is 0 Å². The Morgan fingerprint density at radius 1 is 1.31 bits per heavy atom. The monoisotopic (exact) mass is 396 g/mol. The fraction of sp³-hybridized carbons (Fsp3) is 0.556. The van der Waals surface area contributed by atoms with Gasteiger partial charge in [-0.05, 0) is 24.6 Å². The van der Waals surface area contributed by atoms with E-state index < -0.39 is 15.3 Å². The van der Waals surface area contributed by atoms with Crippen LogP contribution in [0.1, 0.15) is 26.3 Å². The van der Waals surface area contributed by atoms with E-state index in [1.807, 2.05) is 50.8 Å². The molecule has 0 aliphatic carbocycles. The largest absolute Gasteiger partial charge is 0.495 e. The van der Waals surface area contributed by atoms with Gasteiger partial charge in [0.15, 0.2) is 15.0 Å². The first-order valence-electron chi connectivity index (χ1n) is 8.46. The molecule has 2 aliphatic rings. The quantitative estimate of drug-likeness (QED) is 0.765. The molecule has 1 amide bonds. The third kappa shape index (κ3) is 3.62. The number of carbonyl (C=O) groups is 1. The third-order valence-electron chi connectivity index (χ3n) is 4.50. The van der Waals surface area contributed by atoms with Crippen molar-refractivity contribution in [1.29, 1.82) is 0 Å². The van der Waals surface area contributed by atoms with E-state index in [2.05, 4.69) is 4.99 Å².